The van der Waals surface area contributed by atoms with Crippen LogP contribution < -0.4 is 0 Å². The van der Waals surface area contributed by atoms with Crippen molar-refractivity contribution >= 4 is 47.6 Å². The molecule has 0 radical (unpaired) electrons. The second-order valence-corrected chi connectivity index (χ2v) is 10.4. The van der Waals surface area contributed by atoms with E-state index in [1.165, 1.54) is 46.2 Å². The molecule has 4 atom stereocenters. The Balaban J connectivity index is 0.995. The van der Waals surface area contributed by atoms with E-state index in [4.69, 9.17) is 9.47 Å². The third-order valence-corrected chi connectivity index (χ3v) is 7.97. The summed E-state index contributed by atoms with van der Waals surface area (Å²) in [5, 5.41) is 0. The average Bonchev–Trinajstić information content (AvgIpc) is 3.72. The summed E-state index contributed by atoms with van der Waals surface area (Å²) < 4.78 is 20.1. The number of ether oxygens (including phenoxy) is 4. The number of carbonyl (C=O) groups excluding carboxylic acids is 8. The zero-order chi connectivity index (χ0) is 29.4. The van der Waals surface area contributed by atoms with Crippen LogP contribution in [0.15, 0.2) is 36.4 Å². The molecule has 0 spiro atoms. The van der Waals surface area contributed by atoms with Crippen molar-refractivity contribution in [3.05, 3.63) is 69.8 Å². The normalized spacial score (nSPS) is 25.5. The molecule has 2 aromatic rings. The van der Waals surface area contributed by atoms with Crippen molar-refractivity contribution in [1.82, 2.24) is 9.80 Å². The van der Waals surface area contributed by atoms with Gasteiger partial charge in [0.1, 0.15) is 24.3 Å². The lowest BCUT2D eigenvalue weighted by Gasteiger charge is -2.38. The molecule has 2 aromatic carbocycles. The summed E-state index contributed by atoms with van der Waals surface area (Å²) in [5.41, 5.74) is 0.0225. The maximum Gasteiger partial charge on any atom is 0.346 e. The van der Waals surface area contributed by atoms with Crippen LogP contribution >= 0.6 is 0 Å². The van der Waals surface area contributed by atoms with Gasteiger partial charge in [0.2, 0.25) is 11.8 Å². The first-order valence-corrected chi connectivity index (χ1v) is 12.9. The highest BCUT2D eigenvalue weighted by Gasteiger charge is 2.55. The molecule has 42 heavy (non-hydrogen) atoms. The fourth-order valence-corrected chi connectivity index (χ4v) is 5.97. The summed E-state index contributed by atoms with van der Waals surface area (Å²) in [6, 6.07) is 5.91. The van der Waals surface area contributed by atoms with E-state index in [1.807, 2.05) is 0 Å². The van der Waals surface area contributed by atoms with Gasteiger partial charge in [0.25, 0.3) is 0 Å². The van der Waals surface area contributed by atoms with Crippen LogP contribution in [-0.4, -0.2) is 94.8 Å². The molecule has 0 saturated carbocycles. The molecular weight excluding hydrogens is 556 g/mol. The number of hydrogen-bond acceptors (Lipinski definition) is 12. The van der Waals surface area contributed by atoms with Crippen molar-refractivity contribution in [3.8, 4) is 0 Å². The van der Waals surface area contributed by atoms with Crippen LogP contribution in [0.3, 0.4) is 0 Å². The third-order valence-electron chi connectivity index (χ3n) is 7.97. The highest BCUT2D eigenvalue weighted by atomic mass is 16.6. The summed E-state index contributed by atoms with van der Waals surface area (Å²) in [7, 11) is 0. The van der Waals surface area contributed by atoms with Gasteiger partial charge in [0.15, 0.2) is 0 Å². The maximum absolute atomic E-state index is 13.3. The Labute approximate surface area is 235 Å². The number of carbonyl (C=O) groups is 8. The summed E-state index contributed by atoms with van der Waals surface area (Å²) in [5.74, 6) is -5.63. The van der Waals surface area contributed by atoms with Gasteiger partial charge < -0.3 is 28.7 Å². The second kappa shape index (κ2) is 9.06. The molecule has 212 valence electrons. The monoisotopic (exact) mass is 574 g/mol. The lowest BCUT2D eigenvalue weighted by Crippen LogP contribution is -2.60. The predicted molar refractivity (Wildman–Crippen MR) is 131 cm³/mol. The quantitative estimate of drug-likeness (QED) is 0.277. The third kappa shape index (κ3) is 3.86. The van der Waals surface area contributed by atoms with E-state index in [0.717, 1.165) is 0 Å². The van der Waals surface area contributed by atoms with Crippen molar-refractivity contribution in [2.24, 2.45) is 0 Å². The molecule has 3 saturated heterocycles. The van der Waals surface area contributed by atoms with Gasteiger partial charge in [0, 0.05) is 12.8 Å². The topological polar surface area (TPSA) is 180 Å². The van der Waals surface area contributed by atoms with E-state index in [-0.39, 0.29) is 71.1 Å². The molecule has 0 bridgehead atoms. The molecule has 0 aromatic heterocycles. The van der Waals surface area contributed by atoms with Gasteiger partial charge in [-0.3, -0.25) is 9.59 Å². The average molecular weight is 574 g/mol. The van der Waals surface area contributed by atoms with Gasteiger partial charge in [-0.2, -0.15) is 0 Å². The number of cyclic esters (lactones) is 4. The number of benzene rings is 2. The van der Waals surface area contributed by atoms with Gasteiger partial charge in [-0.1, -0.05) is 0 Å². The van der Waals surface area contributed by atoms with Crippen molar-refractivity contribution in [2.45, 2.75) is 37.1 Å². The fourth-order valence-electron chi connectivity index (χ4n) is 5.97. The Morgan fingerprint density at radius 3 is 1.38 bits per heavy atom. The second-order valence-electron chi connectivity index (χ2n) is 10.4. The van der Waals surface area contributed by atoms with Crippen LogP contribution in [0.4, 0.5) is 0 Å². The molecule has 14 heteroatoms. The van der Waals surface area contributed by atoms with Gasteiger partial charge >= 0.3 is 35.8 Å². The molecule has 5 aliphatic rings. The number of piperazine rings is 1. The Morgan fingerprint density at radius 1 is 0.595 bits per heavy atom. The number of esters is 6. The molecular formula is C28H18N2O12. The van der Waals surface area contributed by atoms with Crippen LogP contribution in [0.25, 0.3) is 0 Å². The Hall–Kier alpha value is -5.40. The van der Waals surface area contributed by atoms with E-state index >= 15 is 0 Å². The number of amides is 2. The van der Waals surface area contributed by atoms with Crippen molar-refractivity contribution < 1.29 is 57.3 Å². The molecule has 0 aliphatic carbocycles. The predicted octanol–water partition coefficient (Wildman–Crippen LogP) is 0.274. The zero-order valence-corrected chi connectivity index (χ0v) is 21.4. The van der Waals surface area contributed by atoms with E-state index in [0.29, 0.717) is 0 Å². The number of nitrogens with zero attached hydrogens (tertiary/aromatic N) is 2. The first-order valence-electron chi connectivity index (χ1n) is 12.9. The van der Waals surface area contributed by atoms with E-state index < -0.39 is 60.1 Å². The zero-order valence-electron chi connectivity index (χ0n) is 21.4. The minimum atomic E-state index is -0.867. The standard InChI is InChI=1S/C28H18N2O12/c31-21-19-7-13(39-23(33)11-1-3-15-17(5-11)27(37)41-25(15)35)9-29(19)22(32)20-8-14(10-30(20)21)40-24(34)12-2-4-16-18(6-12)28(38)42-26(16)36/h1-6,13-14,19-20H,7-10H2. The van der Waals surface area contributed by atoms with Crippen LogP contribution in [0.1, 0.15) is 75.0 Å². The minimum Gasteiger partial charge on any atom is -0.457 e. The Bertz CT molecular complexity index is 1540. The van der Waals surface area contributed by atoms with Gasteiger partial charge in [-0.25, -0.2) is 28.8 Å². The van der Waals surface area contributed by atoms with E-state index in [1.54, 1.807) is 0 Å². The fraction of sp³-hybridized carbons (Fsp3) is 0.286. The maximum atomic E-state index is 13.3. The first kappa shape index (κ1) is 25.6. The lowest BCUT2D eigenvalue weighted by atomic mass is 10.1. The summed E-state index contributed by atoms with van der Waals surface area (Å²) in [6.45, 7) is -0.0453. The molecule has 3 fully saturated rings. The van der Waals surface area contributed by atoms with Crippen LogP contribution in [0.2, 0.25) is 0 Å². The number of fused-ring (bicyclic) bond motifs is 4. The number of rotatable bonds is 4. The SMILES string of the molecule is O=C(OC1CC2C(=O)N3CC(OC(=O)c4ccc5c(c4)C(=O)OC5=O)CC3C(=O)N2C1)c1ccc2c(c1)C(=O)OC2=O. The molecule has 4 unspecified atom stereocenters. The van der Waals surface area contributed by atoms with Crippen molar-refractivity contribution in [2.75, 3.05) is 13.1 Å². The molecule has 5 heterocycles. The Morgan fingerprint density at radius 2 is 0.976 bits per heavy atom. The van der Waals surface area contributed by atoms with Crippen LogP contribution in [-0.2, 0) is 28.5 Å². The highest BCUT2D eigenvalue weighted by molar-refractivity contribution is 6.16. The molecule has 7 rings (SSSR count). The first-order chi connectivity index (χ1) is 20.1. The van der Waals surface area contributed by atoms with E-state index in [9.17, 15) is 38.4 Å². The number of hydrogen-bond donors (Lipinski definition) is 0. The summed E-state index contributed by atoms with van der Waals surface area (Å²) >= 11 is 0. The Kier molecular flexibility index (Phi) is 5.51. The van der Waals surface area contributed by atoms with Crippen LogP contribution in [0.5, 0.6) is 0 Å². The van der Waals surface area contributed by atoms with Crippen molar-refractivity contribution in [3.63, 3.8) is 0 Å². The molecule has 14 nitrogen and oxygen atoms in total. The molecule has 2 amide bonds. The smallest absolute Gasteiger partial charge is 0.346 e. The van der Waals surface area contributed by atoms with Gasteiger partial charge in [0.05, 0.1) is 46.5 Å². The summed E-state index contributed by atoms with van der Waals surface area (Å²) in [4.78, 5) is 102. The molecule has 5 aliphatic heterocycles. The van der Waals surface area contributed by atoms with Crippen LogP contribution in [0, 0.1) is 0 Å². The van der Waals surface area contributed by atoms with Gasteiger partial charge in [-0.05, 0) is 36.4 Å². The van der Waals surface area contributed by atoms with Gasteiger partial charge in [-0.15, -0.1) is 0 Å². The molecule has 0 N–H and O–H groups in total. The highest BCUT2D eigenvalue weighted by Crippen LogP contribution is 2.35. The largest absolute Gasteiger partial charge is 0.457 e. The lowest BCUT2D eigenvalue weighted by molar-refractivity contribution is -0.157. The minimum absolute atomic E-state index is 0.0139. The summed E-state index contributed by atoms with van der Waals surface area (Å²) in [6.07, 6.45) is -1.47. The van der Waals surface area contributed by atoms with Crippen molar-refractivity contribution in [1.29, 1.82) is 0 Å². The van der Waals surface area contributed by atoms with E-state index in [2.05, 4.69) is 9.47 Å².